The predicted octanol–water partition coefficient (Wildman–Crippen LogP) is 4.97. The fourth-order valence-corrected chi connectivity index (χ4v) is 1.65. The molecule has 0 spiro atoms. The molecule has 0 aromatic rings. The smallest absolute Gasteiger partial charge is 0.331 e. The Bertz CT molecular complexity index is 324. The number of allylic oxidation sites excluding steroid dienone is 4. The number of ether oxygens (including phenoxy) is 1. The van der Waals surface area contributed by atoms with Crippen LogP contribution < -0.4 is 0 Å². The maximum absolute atomic E-state index is 11.5. The summed E-state index contributed by atoms with van der Waals surface area (Å²) in [5.74, 6) is -0.282. The van der Waals surface area contributed by atoms with E-state index >= 15 is 0 Å². The van der Waals surface area contributed by atoms with Crippen LogP contribution in [0.4, 0.5) is 0 Å². The van der Waals surface area contributed by atoms with Gasteiger partial charge >= 0.3 is 5.97 Å². The second-order valence-electron chi connectivity index (χ2n) is 4.60. The first kappa shape index (κ1) is 17.7. The van der Waals surface area contributed by atoms with E-state index in [-0.39, 0.29) is 5.97 Å². The van der Waals surface area contributed by atoms with Crippen LogP contribution in [0.15, 0.2) is 36.0 Å². The maximum atomic E-state index is 11.5. The lowest BCUT2D eigenvalue weighted by molar-refractivity contribution is -0.137. The number of hydrogen-bond acceptors (Lipinski definition) is 2. The summed E-state index contributed by atoms with van der Waals surface area (Å²) in [5.41, 5.74) is 1.92. The standard InChI is InChI=1S/C17H28O2/c1-5-8-10-11-13-16(14-17(18)19-7-3)15(4)12-9-6-2/h11,13-14H,4-10,12H2,1-3H3/b13-11+,16-14-. The van der Waals surface area contributed by atoms with Crippen molar-refractivity contribution in [1.82, 2.24) is 0 Å². The lowest BCUT2D eigenvalue weighted by atomic mass is 10.0. The third-order valence-electron chi connectivity index (χ3n) is 2.82. The Morgan fingerprint density at radius 1 is 1.16 bits per heavy atom. The molecule has 0 aliphatic rings. The Kier molecular flexibility index (Phi) is 11.0. The van der Waals surface area contributed by atoms with Gasteiger partial charge in [0, 0.05) is 6.08 Å². The van der Waals surface area contributed by atoms with E-state index < -0.39 is 0 Å². The average Bonchev–Trinajstić information content (AvgIpc) is 2.39. The second kappa shape index (κ2) is 11.8. The first-order valence-electron chi connectivity index (χ1n) is 7.38. The van der Waals surface area contributed by atoms with E-state index in [9.17, 15) is 4.79 Å². The van der Waals surface area contributed by atoms with E-state index in [1.165, 1.54) is 12.8 Å². The zero-order valence-corrected chi connectivity index (χ0v) is 12.7. The normalized spacial score (nSPS) is 11.8. The predicted molar refractivity (Wildman–Crippen MR) is 82.0 cm³/mol. The quantitative estimate of drug-likeness (QED) is 0.241. The molecule has 0 rings (SSSR count). The van der Waals surface area contributed by atoms with Gasteiger partial charge in [-0.25, -0.2) is 4.79 Å². The monoisotopic (exact) mass is 264 g/mol. The number of carbonyl (C=O) groups excluding carboxylic acids is 1. The summed E-state index contributed by atoms with van der Waals surface area (Å²) in [6.07, 6.45) is 12.2. The highest BCUT2D eigenvalue weighted by Crippen LogP contribution is 2.17. The van der Waals surface area contributed by atoms with Crippen molar-refractivity contribution in [1.29, 1.82) is 0 Å². The summed E-state index contributed by atoms with van der Waals surface area (Å²) >= 11 is 0. The minimum atomic E-state index is -0.282. The molecule has 0 fully saturated rings. The van der Waals surface area contributed by atoms with Crippen molar-refractivity contribution >= 4 is 5.97 Å². The Morgan fingerprint density at radius 2 is 1.84 bits per heavy atom. The topological polar surface area (TPSA) is 26.3 Å². The third-order valence-corrected chi connectivity index (χ3v) is 2.82. The molecule has 0 saturated carbocycles. The molecule has 0 saturated heterocycles. The van der Waals surface area contributed by atoms with Crippen molar-refractivity contribution in [3.05, 3.63) is 36.0 Å². The number of esters is 1. The zero-order valence-electron chi connectivity index (χ0n) is 12.7. The molecule has 0 aliphatic carbocycles. The molecule has 19 heavy (non-hydrogen) atoms. The average molecular weight is 264 g/mol. The van der Waals surface area contributed by atoms with Gasteiger partial charge in [-0.1, -0.05) is 51.8 Å². The number of rotatable bonds is 10. The van der Waals surface area contributed by atoms with Gasteiger partial charge in [-0.15, -0.1) is 0 Å². The van der Waals surface area contributed by atoms with Gasteiger partial charge in [0.1, 0.15) is 0 Å². The van der Waals surface area contributed by atoms with Gasteiger partial charge in [-0.05, 0) is 37.3 Å². The van der Waals surface area contributed by atoms with Crippen molar-refractivity contribution in [2.24, 2.45) is 0 Å². The second-order valence-corrected chi connectivity index (χ2v) is 4.60. The maximum Gasteiger partial charge on any atom is 0.331 e. The minimum Gasteiger partial charge on any atom is -0.463 e. The Labute approximate surface area is 118 Å². The van der Waals surface area contributed by atoms with Crippen LogP contribution in [0, 0.1) is 0 Å². The van der Waals surface area contributed by atoms with Gasteiger partial charge in [0.15, 0.2) is 0 Å². The fourth-order valence-electron chi connectivity index (χ4n) is 1.65. The van der Waals surface area contributed by atoms with E-state index in [1.54, 1.807) is 6.08 Å². The minimum absolute atomic E-state index is 0.282. The molecule has 108 valence electrons. The number of unbranched alkanes of at least 4 members (excludes halogenated alkanes) is 3. The highest BCUT2D eigenvalue weighted by atomic mass is 16.5. The van der Waals surface area contributed by atoms with Crippen LogP contribution in [-0.4, -0.2) is 12.6 Å². The Hall–Kier alpha value is -1.31. The largest absolute Gasteiger partial charge is 0.463 e. The number of hydrogen-bond donors (Lipinski definition) is 0. The van der Waals surface area contributed by atoms with Gasteiger partial charge < -0.3 is 4.74 Å². The van der Waals surface area contributed by atoms with Crippen LogP contribution in [0.1, 0.15) is 59.3 Å². The zero-order chi connectivity index (χ0) is 14.5. The summed E-state index contributed by atoms with van der Waals surface area (Å²) < 4.78 is 4.96. The Morgan fingerprint density at radius 3 is 2.42 bits per heavy atom. The fraction of sp³-hybridized carbons (Fsp3) is 0.588. The molecule has 0 amide bonds. The summed E-state index contributed by atoms with van der Waals surface area (Å²) in [6.45, 7) is 10.6. The van der Waals surface area contributed by atoms with E-state index in [2.05, 4.69) is 26.5 Å². The highest BCUT2D eigenvalue weighted by Gasteiger charge is 2.03. The molecule has 0 aliphatic heterocycles. The van der Waals surface area contributed by atoms with Crippen LogP contribution in [0.2, 0.25) is 0 Å². The molecule has 0 atom stereocenters. The van der Waals surface area contributed by atoms with Gasteiger partial charge in [0.2, 0.25) is 0 Å². The first-order valence-corrected chi connectivity index (χ1v) is 7.38. The third kappa shape index (κ3) is 9.29. The lowest BCUT2D eigenvalue weighted by Gasteiger charge is -2.06. The van der Waals surface area contributed by atoms with Gasteiger partial charge in [-0.3, -0.25) is 0 Å². The molecule has 2 heteroatoms. The van der Waals surface area contributed by atoms with Crippen LogP contribution >= 0.6 is 0 Å². The molecular weight excluding hydrogens is 236 g/mol. The van der Waals surface area contributed by atoms with Crippen molar-refractivity contribution in [3.8, 4) is 0 Å². The van der Waals surface area contributed by atoms with Gasteiger partial charge in [-0.2, -0.15) is 0 Å². The van der Waals surface area contributed by atoms with Crippen LogP contribution in [0.5, 0.6) is 0 Å². The van der Waals surface area contributed by atoms with E-state index in [0.29, 0.717) is 6.61 Å². The Balaban J connectivity index is 4.67. The van der Waals surface area contributed by atoms with Crippen molar-refractivity contribution in [3.63, 3.8) is 0 Å². The highest BCUT2D eigenvalue weighted by molar-refractivity contribution is 5.84. The van der Waals surface area contributed by atoms with Gasteiger partial charge in [0.05, 0.1) is 6.61 Å². The van der Waals surface area contributed by atoms with Crippen LogP contribution in [-0.2, 0) is 9.53 Å². The molecule has 0 aromatic carbocycles. The first-order chi connectivity index (χ1) is 9.15. The number of carbonyl (C=O) groups is 1. The van der Waals surface area contributed by atoms with E-state index in [4.69, 9.17) is 4.74 Å². The lowest BCUT2D eigenvalue weighted by Crippen LogP contribution is -2.01. The molecule has 2 nitrogen and oxygen atoms in total. The molecule has 0 unspecified atom stereocenters. The van der Waals surface area contributed by atoms with Crippen molar-refractivity contribution in [2.75, 3.05) is 6.61 Å². The van der Waals surface area contributed by atoms with E-state index in [0.717, 1.165) is 36.8 Å². The molecule has 0 radical (unpaired) electrons. The summed E-state index contributed by atoms with van der Waals surface area (Å²) in [6, 6.07) is 0. The summed E-state index contributed by atoms with van der Waals surface area (Å²) in [7, 11) is 0. The molecule has 0 heterocycles. The van der Waals surface area contributed by atoms with Crippen LogP contribution in [0.25, 0.3) is 0 Å². The van der Waals surface area contributed by atoms with Crippen molar-refractivity contribution < 1.29 is 9.53 Å². The van der Waals surface area contributed by atoms with Gasteiger partial charge in [0.25, 0.3) is 0 Å². The SMILES string of the molecule is C=C(CCCC)C(=C\C(=O)OCC)/C=C/CCCC. The molecule has 0 N–H and O–H groups in total. The van der Waals surface area contributed by atoms with Crippen molar-refractivity contribution in [2.45, 2.75) is 59.3 Å². The molecule has 0 bridgehead atoms. The van der Waals surface area contributed by atoms with Crippen LogP contribution in [0.3, 0.4) is 0 Å². The molecular formula is C17H28O2. The molecule has 0 aromatic heterocycles. The summed E-state index contributed by atoms with van der Waals surface area (Å²) in [4.78, 5) is 11.5. The summed E-state index contributed by atoms with van der Waals surface area (Å²) in [5, 5.41) is 0. The van der Waals surface area contributed by atoms with E-state index in [1.807, 2.05) is 13.0 Å².